The Bertz CT molecular complexity index is 912. The first-order chi connectivity index (χ1) is 11.6. The molecule has 0 heterocycles. The molecule has 0 aliphatic rings. The third kappa shape index (κ3) is 4.83. The van der Waals surface area contributed by atoms with Crippen molar-refractivity contribution in [3.8, 4) is 0 Å². The molecule has 0 aromatic heterocycles. The van der Waals surface area contributed by atoms with E-state index in [9.17, 15) is 22.0 Å². The van der Waals surface area contributed by atoms with Crippen LogP contribution in [0.4, 0.5) is 14.5 Å². The Morgan fingerprint density at radius 2 is 1.76 bits per heavy atom. The SMILES string of the molecule is Cc1cc(NC(=O)c2cc(F)cc(S(=O)(=O)NC(C)C)c2)ccc1F. The second kappa shape index (κ2) is 7.28. The van der Waals surface area contributed by atoms with E-state index in [1.165, 1.54) is 25.1 Å². The Hall–Kier alpha value is -2.32. The van der Waals surface area contributed by atoms with Gasteiger partial charge in [0.25, 0.3) is 5.91 Å². The maximum atomic E-state index is 13.8. The Balaban J connectivity index is 2.32. The van der Waals surface area contributed by atoms with Crippen LogP contribution in [0, 0.1) is 18.6 Å². The van der Waals surface area contributed by atoms with Crippen LogP contribution in [0.3, 0.4) is 0 Å². The summed E-state index contributed by atoms with van der Waals surface area (Å²) < 4.78 is 53.7. The predicted molar refractivity (Wildman–Crippen MR) is 90.9 cm³/mol. The molecule has 0 aliphatic carbocycles. The lowest BCUT2D eigenvalue weighted by Crippen LogP contribution is -2.30. The van der Waals surface area contributed by atoms with E-state index in [-0.39, 0.29) is 16.5 Å². The van der Waals surface area contributed by atoms with Crippen molar-refractivity contribution < 1.29 is 22.0 Å². The van der Waals surface area contributed by atoms with Crippen molar-refractivity contribution in [2.45, 2.75) is 31.7 Å². The van der Waals surface area contributed by atoms with Gasteiger partial charge in [0.15, 0.2) is 0 Å². The fourth-order valence-electron chi connectivity index (χ4n) is 2.15. The van der Waals surface area contributed by atoms with Crippen LogP contribution in [0.15, 0.2) is 41.3 Å². The number of sulfonamides is 1. The van der Waals surface area contributed by atoms with Gasteiger partial charge < -0.3 is 5.32 Å². The zero-order valence-corrected chi connectivity index (χ0v) is 14.7. The highest BCUT2D eigenvalue weighted by Crippen LogP contribution is 2.18. The molecule has 0 saturated heterocycles. The summed E-state index contributed by atoms with van der Waals surface area (Å²) in [6, 6.07) is 6.44. The van der Waals surface area contributed by atoms with Gasteiger partial charge in [0.2, 0.25) is 10.0 Å². The van der Waals surface area contributed by atoms with Crippen molar-refractivity contribution in [3.05, 3.63) is 59.2 Å². The number of hydrogen-bond donors (Lipinski definition) is 2. The second-order valence-corrected chi connectivity index (χ2v) is 7.58. The molecule has 2 rings (SSSR count). The zero-order chi connectivity index (χ0) is 18.8. The standard InChI is InChI=1S/C17H18F2N2O3S/c1-10(2)21-25(23,24)15-8-12(7-13(18)9-15)17(22)20-14-4-5-16(19)11(3)6-14/h4-10,21H,1-3H3,(H,20,22). The molecule has 5 nitrogen and oxygen atoms in total. The van der Waals surface area contributed by atoms with Crippen molar-refractivity contribution in [2.75, 3.05) is 5.32 Å². The molecule has 1 amide bonds. The van der Waals surface area contributed by atoms with Crippen molar-refractivity contribution in [1.29, 1.82) is 0 Å². The van der Waals surface area contributed by atoms with E-state index in [1.807, 2.05) is 0 Å². The molecule has 2 aromatic rings. The summed E-state index contributed by atoms with van der Waals surface area (Å²) in [5, 5.41) is 2.49. The first kappa shape index (κ1) is 19.0. The van der Waals surface area contributed by atoms with Crippen LogP contribution in [0.1, 0.15) is 29.8 Å². The summed E-state index contributed by atoms with van der Waals surface area (Å²) in [4.78, 5) is 11.9. The molecule has 0 atom stereocenters. The van der Waals surface area contributed by atoms with Gasteiger partial charge in [-0.15, -0.1) is 0 Å². The molecular formula is C17H18F2N2O3S. The Morgan fingerprint density at radius 3 is 2.36 bits per heavy atom. The molecule has 0 fully saturated rings. The average molecular weight is 368 g/mol. The quantitative estimate of drug-likeness (QED) is 0.851. The van der Waals surface area contributed by atoms with Crippen LogP contribution in [0.2, 0.25) is 0 Å². The van der Waals surface area contributed by atoms with Gasteiger partial charge in [-0.3, -0.25) is 4.79 Å². The zero-order valence-electron chi connectivity index (χ0n) is 13.9. The van der Waals surface area contributed by atoms with E-state index in [1.54, 1.807) is 13.8 Å². The Morgan fingerprint density at radius 1 is 1.08 bits per heavy atom. The van der Waals surface area contributed by atoms with Gasteiger partial charge in [0.05, 0.1) is 4.90 Å². The number of carbonyl (C=O) groups excluding carboxylic acids is 1. The highest BCUT2D eigenvalue weighted by atomic mass is 32.2. The van der Waals surface area contributed by atoms with Crippen molar-refractivity contribution >= 4 is 21.6 Å². The van der Waals surface area contributed by atoms with E-state index in [0.29, 0.717) is 11.3 Å². The normalized spacial score (nSPS) is 11.6. The van der Waals surface area contributed by atoms with Gasteiger partial charge in [-0.2, -0.15) is 0 Å². The number of hydrogen-bond acceptors (Lipinski definition) is 3. The molecule has 134 valence electrons. The largest absolute Gasteiger partial charge is 0.322 e. The molecule has 0 saturated carbocycles. The number of amides is 1. The molecule has 0 aliphatic heterocycles. The summed E-state index contributed by atoms with van der Waals surface area (Å²) >= 11 is 0. The van der Waals surface area contributed by atoms with E-state index >= 15 is 0 Å². The number of benzene rings is 2. The fraction of sp³-hybridized carbons (Fsp3) is 0.235. The van der Waals surface area contributed by atoms with Gasteiger partial charge in [-0.25, -0.2) is 21.9 Å². The minimum Gasteiger partial charge on any atom is -0.322 e. The summed E-state index contributed by atoms with van der Waals surface area (Å²) in [5.41, 5.74) is 0.491. The number of carbonyl (C=O) groups is 1. The third-order valence-electron chi connectivity index (χ3n) is 3.25. The van der Waals surface area contributed by atoms with E-state index < -0.39 is 27.6 Å². The smallest absolute Gasteiger partial charge is 0.255 e. The van der Waals surface area contributed by atoms with Gasteiger partial charge in [0, 0.05) is 17.3 Å². The van der Waals surface area contributed by atoms with Gasteiger partial charge in [0.1, 0.15) is 11.6 Å². The summed E-state index contributed by atoms with van der Waals surface area (Å²) in [6.07, 6.45) is 0. The van der Waals surface area contributed by atoms with E-state index in [4.69, 9.17) is 0 Å². The number of anilines is 1. The monoisotopic (exact) mass is 368 g/mol. The van der Waals surface area contributed by atoms with Gasteiger partial charge >= 0.3 is 0 Å². The van der Waals surface area contributed by atoms with Crippen LogP contribution in [-0.2, 0) is 10.0 Å². The lowest BCUT2D eigenvalue weighted by molar-refractivity contribution is 0.102. The van der Waals surface area contributed by atoms with E-state index in [0.717, 1.165) is 18.2 Å². The predicted octanol–water partition coefficient (Wildman–Crippen LogP) is 3.21. The number of aryl methyl sites for hydroxylation is 1. The van der Waals surface area contributed by atoms with Crippen LogP contribution < -0.4 is 10.0 Å². The Labute approximate surface area is 145 Å². The maximum Gasteiger partial charge on any atom is 0.255 e. The molecule has 0 spiro atoms. The topological polar surface area (TPSA) is 75.3 Å². The first-order valence-electron chi connectivity index (χ1n) is 7.49. The molecule has 0 radical (unpaired) electrons. The third-order valence-corrected chi connectivity index (χ3v) is 4.89. The lowest BCUT2D eigenvalue weighted by atomic mass is 10.1. The van der Waals surface area contributed by atoms with Crippen LogP contribution in [-0.4, -0.2) is 20.4 Å². The first-order valence-corrected chi connectivity index (χ1v) is 8.97. The van der Waals surface area contributed by atoms with E-state index in [2.05, 4.69) is 10.0 Å². The molecule has 0 unspecified atom stereocenters. The molecular weight excluding hydrogens is 350 g/mol. The van der Waals surface area contributed by atoms with Crippen molar-refractivity contribution in [2.24, 2.45) is 0 Å². The minimum atomic E-state index is -3.94. The summed E-state index contributed by atoms with van der Waals surface area (Å²) in [6.45, 7) is 4.79. The van der Waals surface area contributed by atoms with Gasteiger partial charge in [-0.1, -0.05) is 0 Å². The highest BCUT2D eigenvalue weighted by Gasteiger charge is 2.19. The van der Waals surface area contributed by atoms with Crippen molar-refractivity contribution in [3.63, 3.8) is 0 Å². The number of rotatable bonds is 5. The van der Waals surface area contributed by atoms with Crippen LogP contribution in [0.5, 0.6) is 0 Å². The molecule has 2 N–H and O–H groups in total. The average Bonchev–Trinajstić information content (AvgIpc) is 2.49. The van der Waals surface area contributed by atoms with Gasteiger partial charge in [-0.05, 0) is 62.7 Å². The number of nitrogens with one attached hydrogen (secondary N) is 2. The maximum absolute atomic E-state index is 13.8. The molecule has 8 heteroatoms. The number of halogens is 2. The summed E-state index contributed by atoms with van der Waals surface area (Å²) in [7, 11) is -3.94. The lowest BCUT2D eigenvalue weighted by Gasteiger charge is -2.11. The highest BCUT2D eigenvalue weighted by molar-refractivity contribution is 7.89. The fourth-order valence-corrected chi connectivity index (χ4v) is 3.46. The second-order valence-electron chi connectivity index (χ2n) is 5.87. The minimum absolute atomic E-state index is 0.161. The summed E-state index contributed by atoms with van der Waals surface area (Å²) in [5.74, 6) is -1.98. The van der Waals surface area contributed by atoms with Crippen molar-refractivity contribution in [1.82, 2.24) is 4.72 Å². The van der Waals surface area contributed by atoms with Crippen LogP contribution >= 0.6 is 0 Å². The molecule has 0 bridgehead atoms. The molecule has 2 aromatic carbocycles. The van der Waals surface area contributed by atoms with Crippen LogP contribution in [0.25, 0.3) is 0 Å². The Kier molecular flexibility index (Phi) is 5.54. The molecule has 25 heavy (non-hydrogen) atoms.